The van der Waals surface area contributed by atoms with Crippen LogP contribution in [-0.4, -0.2) is 33.5 Å². The molecule has 4 heteroatoms. The number of aldehydes is 1. The van der Waals surface area contributed by atoms with Crippen molar-refractivity contribution in [3.05, 3.63) is 42.0 Å². The van der Waals surface area contributed by atoms with E-state index in [0.29, 0.717) is 0 Å². The molecule has 0 saturated carbocycles. The van der Waals surface area contributed by atoms with Crippen LogP contribution in [0.5, 0.6) is 0 Å². The number of fused-ring (bicyclic) bond motifs is 1. The van der Waals surface area contributed by atoms with Crippen LogP contribution < -0.4 is 4.90 Å². The summed E-state index contributed by atoms with van der Waals surface area (Å²) in [7, 11) is 5.30. The summed E-state index contributed by atoms with van der Waals surface area (Å²) < 4.78 is 4.84. The number of esters is 1. The lowest BCUT2D eigenvalue weighted by Gasteiger charge is -2.20. The SMILES string of the molecule is COC(=O)C(CC=O)c1ccc(N(C)C)c2ccccc12. The van der Waals surface area contributed by atoms with E-state index < -0.39 is 5.92 Å². The summed E-state index contributed by atoms with van der Waals surface area (Å²) >= 11 is 0. The molecule has 1 atom stereocenters. The van der Waals surface area contributed by atoms with Gasteiger partial charge < -0.3 is 14.4 Å². The van der Waals surface area contributed by atoms with E-state index in [1.165, 1.54) is 7.11 Å². The number of benzene rings is 2. The molecule has 2 aromatic rings. The highest BCUT2D eigenvalue weighted by Gasteiger charge is 2.23. The monoisotopic (exact) mass is 285 g/mol. The number of hydrogen-bond donors (Lipinski definition) is 0. The van der Waals surface area contributed by atoms with Gasteiger partial charge in [0.15, 0.2) is 0 Å². The lowest BCUT2D eigenvalue weighted by Crippen LogP contribution is -2.16. The molecule has 0 fully saturated rings. The normalized spacial score (nSPS) is 12.0. The summed E-state index contributed by atoms with van der Waals surface area (Å²) in [6.07, 6.45) is 0.883. The third-order valence-electron chi connectivity index (χ3n) is 3.61. The van der Waals surface area contributed by atoms with Gasteiger partial charge in [-0.25, -0.2) is 0 Å². The van der Waals surface area contributed by atoms with Gasteiger partial charge in [-0.05, 0) is 17.0 Å². The number of methoxy groups -OCH3 is 1. The molecule has 0 amide bonds. The highest BCUT2D eigenvalue weighted by molar-refractivity contribution is 5.99. The quantitative estimate of drug-likeness (QED) is 0.626. The molecule has 110 valence electrons. The molecule has 4 nitrogen and oxygen atoms in total. The molecule has 0 N–H and O–H groups in total. The third kappa shape index (κ3) is 2.89. The van der Waals surface area contributed by atoms with Crippen LogP contribution >= 0.6 is 0 Å². The Hall–Kier alpha value is -2.36. The Kier molecular flexibility index (Phi) is 4.58. The minimum absolute atomic E-state index is 0.123. The topological polar surface area (TPSA) is 46.6 Å². The molecule has 0 bridgehead atoms. The molecule has 2 aromatic carbocycles. The maximum atomic E-state index is 12.0. The predicted octanol–water partition coefficient (Wildman–Crippen LogP) is 2.75. The molecule has 0 aromatic heterocycles. The molecule has 0 heterocycles. The van der Waals surface area contributed by atoms with E-state index in [9.17, 15) is 9.59 Å². The van der Waals surface area contributed by atoms with Crippen LogP contribution in [-0.2, 0) is 14.3 Å². The van der Waals surface area contributed by atoms with Crippen LogP contribution in [0.25, 0.3) is 10.8 Å². The predicted molar refractivity (Wildman–Crippen MR) is 83.7 cm³/mol. The second-order valence-corrected chi connectivity index (χ2v) is 5.09. The van der Waals surface area contributed by atoms with Gasteiger partial charge in [-0.2, -0.15) is 0 Å². The molecule has 0 saturated heterocycles. The van der Waals surface area contributed by atoms with Gasteiger partial charge in [0, 0.05) is 31.6 Å². The van der Waals surface area contributed by atoms with Gasteiger partial charge in [0.1, 0.15) is 6.29 Å². The highest BCUT2D eigenvalue weighted by atomic mass is 16.5. The molecule has 0 radical (unpaired) electrons. The lowest BCUT2D eigenvalue weighted by molar-refractivity contribution is -0.143. The van der Waals surface area contributed by atoms with Gasteiger partial charge in [0.05, 0.1) is 13.0 Å². The van der Waals surface area contributed by atoms with E-state index in [0.717, 1.165) is 28.3 Å². The molecule has 0 spiro atoms. The van der Waals surface area contributed by atoms with E-state index in [1.807, 2.05) is 55.4 Å². The van der Waals surface area contributed by atoms with Crippen molar-refractivity contribution in [2.24, 2.45) is 0 Å². The first-order chi connectivity index (χ1) is 10.1. The first-order valence-electron chi connectivity index (χ1n) is 6.80. The van der Waals surface area contributed by atoms with Crippen molar-refractivity contribution in [3.63, 3.8) is 0 Å². The number of anilines is 1. The van der Waals surface area contributed by atoms with E-state index in [1.54, 1.807) is 0 Å². The van der Waals surface area contributed by atoms with Crippen molar-refractivity contribution >= 4 is 28.7 Å². The largest absolute Gasteiger partial charge is 0.469 e. The molecule has 0 aliphatic rings. The summed E-state index contributed by atoms with van der Waals surface area (Å²) in [6.45, 7) is 0. The molecular formula is C17H19NO3. The average molecular weight is 285 g/mol. The van der Waals surface area contributed by atoms with Crippen molar-refractivity contribution < 1.29 is 14.3 Å². The zero-order valence-corrected chi connectivity index (χ0v) is 12.5. The van der Waals surface area contributed by atoms with Crippen molar-refractivity contribution in [1.82, 2.24) is 0 Å². The minimum Gasteiger partial charge on any atom is -0.469 e. The van der Waals surface area contributed by atoms with E-state index in [-0.39, 0.29) is 12.4 Å². The Bertz CT molecular complexity index is 664. The number of rotatable bonds is 5. The second kappa shape index (κ2) is 6.39. The first kappa shape index (κ1) is 15.0. The summed E-state index contributed by atoms with van der Waals surface area (Å²) in [5.74, 6) is -0.946. The Morgan fingerprint density at radius 1 is 1.19 bits per heavy atom. The Morgan fingerprint density at radius 3 is 2.43 bits per heavy atom. The fourth-order valence-electron chi connectivity index (χ4n) is 2.59. The molecular weight excluding hydrogens is 266 g/mol. The van der Waals surface area contributed by atoms with Crippen molar-refractivity contribution in [2.45, 2.75) is 12.3 Å². The van der Waals surface area contributed by atoms with Crippen molar-refractivity contribution in [1.29, 1.82) is 0 Å². The van der Waals surface area contributed by atoms with Crippen LogP contribution in [0, 0.1) is 0 Å². The summed E-state index contributed by atoms with van der Waals surface area (Å²) in [5.41, 5.74) is 1.90. The van der Waals surface area contributed by atoms with Crippen LogP contribution in [0.4, 0.5) is 5.69 Å². The second-order valence-electron chi connectivity index (χ2n) is 5.09. The third-order valence-corrected chi connectivity index (χ3v) is 3.61. The molecule has 1 unspecified atom stereocenters. The van der Waals surface area contributed by atoms with Gasteiger partial charge in [-0.15, -0.1) is 0 Å². The van der Waals surface area contributed by atoms with Crippen molar-refractivity contribution in [3.8, 4) is 0 Å². The Labute approximate surface area is 124 Å². The fraction of sp³-hybridized carbons (Fsp3) is 0.294. The van der Waals surface area contributed by atoms with Gasteiger partial charge in [-0.1, -0.05) is 30.3 Å². The van der Waals surface area contributed by atoms with E-state index >= 15 is 0 Å². The first-order valence-corrected chi connectivity index (χ1v) is 6.80. The zero-order valence-electron chi connectivity index (χ0n) is 12.5. The molecule has 0 aliphatic heterocycles. The number of carbonyl (C=O) groups excluding carboxylic acids is 2. The zero-order chi connectivity index (χ0) is 15.4. The van der Waals surface area contributed by atoms with Gasteiger partial charge >= 0.3 is 5.97 Å². The summed E-state index contributed by atoms with van der Waals surface area (Å²) in [4.78, 5) is 24.9. The molecule has 21 heavy (non-hydrogen) atoms. The number of carbonyl (C=O) groups is 2. The van der Waals surface area contributed by atoms with Crippen LogP contribution in [0.15, 0.2) is 36.4 Å². The molecule has 0 aliphatic carbocycles. The number of ether oxygens (including phenoxy) is 1. The lowest BCUT2D eigenvalue weighted by atomic mass is 9.90. The summed E-state index contributed by atoms with van der Waals surface area (Å²) in [6, 6.07) is 11.8. The van der Waals surface area contributed by atoms with E-state index in [2.05, 4.69) is 0 Å². The van der Waals surface area contributed by atoms with Crippen LogP contribution in [0.2, 0.25) is 0 Å². The number of nitrogens with zero attached hydrogens (tertiary/aromatic N) is 1. The maximum Gasteiger partial charge on any atom is 0.313 e. The molecule has 2 rings (SSSR count). The van der Waals surface area contributed by atoms with Crippen LogP contribution in [0.3, 0.4) is 0 Å². The fourth-order valence-corrected chi connectivity index (χ4v) is 2.59. The van der Waals surface area contributed by atoms with Crippen LogP contribution in [0.1, 0.15) is 17.9 Å². The van der Waals surface area contributed by atoms with E-state index in [4.69, 9.17) is 4.74 Å². The average Bonchev–Trinajstić information content (AvgIpc) is 2.50. The van der Waals surface area contributed by atoms with Gasteiger partial charge in [0.2, 0.25) is 0 Å². The number of hydrogen-bond acceptors (Lipinski definition) is 4. The highest BCUT2D eigenvalue weighted by Crippen LogP contribution is 2.33. The standard InChI is InChI=1S/C17H19NO3/c1-18(2)16-9-8-13(12-6-4-5-7-14(12)16)15(10-11-19)17(20)21-3/h4-9,11,15H,10H2,1-3H3. The minimum atomic E-state index is -0.561. The Morgan fingerprint density at radius 2 is 1.86 bits per heavy atom. The Balaban J connectivity index is 2.66. The van der Waals surface area contributed by atoms with Crippen molar-refractivity contribution in [2.75, 3.05) is 26.1 Å². The maximum absolute atomic E-state index is 12.0. The van der Waals surface area contributed by atoms with Gasteiger partial charge in [-0.3, -0.25) is 4.79 Å². The smallest absolute Gasteiger partial charge is 0.313 e. The summed E-state index contributed by atoms with van der Waals surface area (Å²) in [5, 5.41) is 2.03. The van der Waals surface area contributed by atoms with Gasteiger partial charge in [0.25, 0.3) is 0 Å².